The molecule has 4 rings (SSSR count). The van der Waals surface area contributed by atoms with Crippen molar-refractivity contribution in [3.63, 3.8) is 0 Å². The third-order valence-electron chi connectivity index (χ3n) is 6.66. The number of aryl methyl sites for hydroxylation is 1. The number of halogens is 3. The van der Waals surface area contributed by atoms with E-state index in [1.54, 1.807) is 42.5 Å². The minimum absolute atomic E-state index is 0.101. The molecule has 0 saturated carbocycles. The molecule has 0 aromatic heterocycles. The number of aliphatic hydroxyl groups is 1. The second kappa shape index (κ2) is 11.1. The number of carbonyl (C=O) groups excluding carboxylic acids is 2. The monoisotopic (exact) mass is 552 g/mol. The van der Waals surface area contributed by atoms with Crippen molar-refractivity contribution in [2.24, 2.45) is 5.92 Å². The highest BCUT2D eigenvalue weighted by Crippen LogP contribution is 2.43. The zero-order chi connectivity index (χ0) is 29.4. The molecule has 1 N–H and O–H groups in total. The zero-order valence-corrected chi connectivity index (χ0v) is 22.9. The number of Topliss-reactive ketones (excluding diaryl/α,β-unsaturated/α-hetero) is 1. The molecule has 0 aliphatic carbocycles. The second-order valence-electron chi connectivity index (χ2n) is 10.4. The van der Waals surface area contributed by atoms with Crippen molar-refractivity contribution in [2.75, 3.05) is 30.5 Å². The van der Waals surface area contributed by atoms with Crippen LogP contribution >= 0.6 is 0 Å². The van der Waals surface area contributed by atoms with Gasteiger partial charge in [0.2, 0.25) is 0 Å². The molecule has 0 spiro atoms. The lowest BCUT2D eigenvalue weighted by molar-refractivity contribution is -0.137. The summed E-state index contributed by atoms with van der Waals surface area (Å²) in [5, 5.41) is 11.4. The molecule has 1 amide bonds. The number of anilines is 2. The molecule has 3 aromatic carbocycles. The Morgan fingerprint density at radius 1 is 1.00 bits per heavy atom. The number of rotatable bonds is 7. The average Bonchev–Trinajstić information content (AvgIpc) is 3.17. The van der Waals surface area contributed by atoms with Crippen molar-refractivity contribution in [2.45, 2.75) is 33.0 Å². The van der Waals surface area contributed by atoms with E-state index >= 15 is 0 Å². The minimum Gasteiger partial charge on any atom is -0.507 e. The van der Waals surface area contributed by atoms with Gasteiger partial charge in [0.25, 0.3) is 11.7 Å². The Balaban J connectivity index is 1.85. The molecular weight excluding hydrogens is 521 g/mol. The van der Waals surface area contributed by atoms with Gasteiger partial charge in [-0.2, -0.15) is 13.2 Å². The van der Waals surface area contributed by atoms with Gasteiger partial charge >= 0.3 is 6.18 Å². The Kier molecular flexibility index (Phi) is 7.95. The molecule has 0 bridgehead atoms. The number of carbonyl (C=O) groups is 2. The van der Waals surface area contributed by atoms with Gasteiger partial charge in [-0.15, -0.1) is 0 Å². The van der Waals surface area contributed by atoms with Gasteiger partial charge in [-0.3, -0.25) is 14.5 Å². The predicted molar refractivity (Wildman–Crippen MR) is 149 cm³/mol. The number of ether oxygens (including phenoxy) is 1. The summed E-state index contributed by atoms with van der Waals surface area (Å²) in [6.07, 6.45) is -4.56. The van der Waals surface area contributed by atoms with Crippen molar-refractivity contribution in [1.29, 1.82) is 0 Å². The molecule has 210 valence electrons. The number of alkyl halides is 3. The van der Waals surface area contributed by atoms with Crippen molar-refractivity contribution in [1.82, 2.24) is 0 Å². The molecule has 6 nitrogen and oxygen atoms in total. The molecule has 0 radical (unpaired) electrons. The van der Waals surface area contributed by atoms with Crippen LogP contribution in [0.5, 0.6) is 5.75 Å². The van der Waals surface area contributed by atoms with Crippen LogP contribution in [-0.2, 0) is 15.8 Å². The average molecular weight is 553 g/mol. The first-order chi connectivity index (χ1) is 18.8. The van der Waals surface area contributed by atoms with Gasteiger partial charge in [0.1, 0.15) is 11.5 Å². The van der Waals surface area contributed by atoms with E-state index in [1.165, 1.54) is 0 Å². The van der Waals surface area contributed by atoms with Crippen LogP contribution in [0.1, 0.15) is 42.1 Å². The van der Waals surface area contributed by atoms with E-state index in [9.17, 15) is 27.9 Å². The van der Waals surface area contributed by atoms with E-state index in [0.717, 1.165) is 40.4 Å². The first kappa shape index (κ1) is 28.7. The summed E-state index contributed by atoms with van der Waals surface area (Å²) in [6.45, 7) is 6.37. The predicted octanol–water partition coefficient (Wildman–Crippen LogP) is 6.74. The zero-order valence-electron chi connectivity index (χ0n) is 22.9. The van der Waals surface area contributed by atoms with Crippen LogP contribution in [0.25, 0.3) is 5.76 Å². The smallest absolute Gasteiger partial charge is 0.416 e. The fourth-order valence-corrected chi connectivity index (χ4v) is 4.55. The van der Waals surface area contributed by atoms with E-state index < -0.39 is 29.5 Å². The maximum atomic E-state index is 13.4. The van der Waals surface area contributed by atoms with Crippen molar-refractivity contribution in [3.8, 4) is 5.75 Å². The van der Waals surface area contributed by atoms with E-state index in [-0.39, 0.29) is 17.0 Å². The number of hydrogen-bond acceptors (Lipinski definition) is 5. The van der Waals surface area contributed by atoms with Gasteiger partial charge in [0.15, 0.2) is 0 Å². The van der Waals surface area contributed by atoms with Gasteiger partial charge in [-0.25, -0.2) is 0 Å². The highest BCUT2D eigenvalue weighted by atomic mass is 19.4. The number of nitrogens with zero attached hydrogens (tertiary/aromatic N) is 2. The standard InChI is InChI=1S/C31H31F3N2O4/c1-18(2)17-40-25-15-8-21(16-19(25)3)28(37)26-27(20-6-11-23(12-7-20)35(4)5)36(30(39)29(26)38)24-13-9-22(10-14-24)31(32,33)34/h6-16,18,27,37H,17H2,1-5H3/b28-26-. The maximum Gasteiger partial charge on any atom is 0.416 e. The summed E-state index contributed by atoms with van der Waals surface area (Å²) in [5.74, 6) is -1.32. The summed E-state index contributed by atoms with van der Waals surface area (Å²) in [4.78, 5) is 29.7. The van der Waals surface area contributed by atoms with Crippen LogP contribution in [0.4, 0.5) is 24.5 Å². The summed E-state index contributed by atoms with van der Waals surface area (Å²) in [5.41, 5.74) is 1.49. The summed E-state index contributed by atoms with van der Waals surface area (Å²) in [6, 6.07) is 15.0. The number of amides is 1. The second-order valence-corrected chi connectivity index (χ2v) is 10.4. The summed E-state index contributed by atoms with van der Waals surface area (Å²) >= 11 is 0. The van der Waals surface area contributed by atoms with Crippen LogP contribution in [0.15, 0.2) is 72.3 Å². The van der Waals surface area contributed by atoms with Crippen LogP contribution in [0.3, 0.4) is 0 Å². The molecule has 1 heterocycles. The number of benzene rings is 3. The Morgan fingerprint density at radius 2 is 1.62 bits per heavy atom. The number of aliphatic hydroxyl groups excluding tert-OH is 1. The number of ketones is 1. The van der Waals surface area contributed by atoms with E-state index in [1.807, 2.05) is 39.8 Å². The van der Waals surface area contributed by atoms with Crippen LogP contribution in [0, 0.1) is 12.8 Å². The lowest BCUT2D eigenvalue weighted by Gasteiger charge is -2.26. The number of hydrogen-bond donors (Lipinski definition) is 1. The van der Waals surface area contributed by atoms with Crippen LogP contribution < -0.4 is 14.5 Å². The largest absolute Gasteiger partial charge is 0.507 e. The Bertz CT molecular complexity index is 1440. The van der Waals surface area contributed by atoms with Crippen LogP contribution in [-0.4, -0.2) is 37.5 Å². The third kappa shape index (κ3) is 5.68. The molecule has 1 saturated heterocycles. The van der Waals surface area contributed by atoms with Gasteiger partial charge in [0, 0.05) is 31.0 Å². The highest BCUT2D eigenvalue weighted by Gasteiger charge is 2.47. The third-order valence-corrected chi connectivity index (χ3v) is 6.66. The van der Waals surface area contributed by atoms with Crippen molar-refractivity contribution >= 4 is 28.8 Å². The van der Waals surface area contributed by atoms with Crippen LogP contribution in [0.2, 0.25) is 0 Å². The SMILES string of the molecule is Cc1cc(/C(O)=C2/C(=O)C(=O)N(c3ccc(C(F)(F)F)cc3)C2c2ccc(N(C)C)cc2)ccc1OCC(C)C. The van der Waals surface area contributed by atoms with Crippen molar-refractivity contribution in [3.05, 3.63) is 94.6 Å². The quantitative estimate of drug-likeness (QED) is 0.200. The normalized spacial score (nSPS) is 17.0. The molecule has 9 heteroatoms. The first-order valence-electron chi connectivity index (χ1n) is 12.8. The van der Waals surface area contributed by atoms with Crippen molar-refractivity contribution < 1.29 is 32.6 Å². The van der Waals surface area contributed by atoms with E-state index in [2.05, 4.69) is 0 Å². The molecule has 1 atom stereocenters. The van der Waals surface area contributed by atoms with Gasteiger partial charge < -0.3 is 14.7 Å². The Labute approximate surface area is 231 Å². The topological polar surface area (TPSA) is 70.1 Å². The molecule has 1 aliphatic heterocycles. The lowest BCUT2D eigenvalue weighted by Crippen LogP contribution is -2.29. The first-order valence-corrected chi connectivity index (χ1v) is 12.8. The Hall–Kier alpha value is -4.27. The fourth-order valence-electron chi connectivity index (χ4n) is 4.55. The molecule has 3 aromatic rings. The Morgan fingerprint density at radius 3 is 2.15 bits per heavy atom. The molecule has 1 unspecified atom stereocenters. The fraction of sp³-hybridized carbons (Fsp3) is 0.290. The highest BCUT2D eigenvalue weighted by molar-refractivity contribution is 6.51. The summed E-state index contributed by atoms with van der Waals surface area (Å²) < 4.78 is 45.4. The van der Waals surface area contributed by atoms with E-state index in [0.29, 0.717) is 29.4 Å². The minimum atomic E-state index is -4.56. The van der Waals surface area contributed by atoms with Gasteiger partial charge in [0.05, 0.1) is 23.8 Å². The summed E-state index contributed by atoms with van der Waals surface area (Å²) in [7, 11) is 3.72. The maximum absolute atomic E-state index is 13.4. The molecular formula is C31H31F3N2O4. The van der Waals surface area contributed by atoms with Gasteiger partial charge in [-0.05, 0) is 78.6 Å². The molecule has 1 aliphatic rings. The molecule has 40 heavy (non-hydrogen) atoms. The lowest BCUT2D eigenvalue weighted by atomic mass is 9.94. The van der Waals surface area contributed by atoms with Gasteiger partial charge in [-0.1, -0.05) is 26.0 Å². The molecule has 1 fully saturated rings. The van der Waals surface area contributed by atoms with E-state index in [4.69, 9.17) is 4.74 Å².